The van der Waals surface area contributed by atoms with Gasteiger partial charge in [0.05, 0.1) is 6.42 Å². The number of nitrogens with one attached hydrogen (secondary N) is 1. The number of aldehydes is 1. The van der Waals surface area contributed by atoms with Crippen molar-refractivity contribution in [2.45, 2.75) is 39.2 Å². The molecule has 0 aliphatic rings. The minimum Gasteiger partial charge on any atom is -0.312 e. The highest BCUT2D eigenvalue weighted by molar-refractivity contribution is 5.89. The average molecular weight is 171 g/mol. The van der Waals surface area contributed by atoms with Crippen molar-refractivity contribution in [3.63, 3.8) is 0 Å². The average Bonchev–Trinajstić information content (AvgIpc) is 1.84. The van der Waals surface area contributed by atoms with Gasteiger partial charge in [0.25, 0.3) is 0 Å². The van der Waals surface area contributed by atoms with Gasteiger partial charge in [-0.1, -0.05) is 0 Å². The summed E-state index contributed by atoms with van der Waals surface area (Å²) in [5.74, 6) is 0.00162. The van der Waals surface area contributed by atoms with E-state index in [0.717, 1.165) is 0 Å². The van der Waals surface area contributed by atoms with Crippen LogP contribution in [0.1, 0.15) is 33.6 Å². The van der Waals surface area contributed by atoms with E-state index in [0.29, 0.717) is 19.3 Å². The van der Waals surface area contributed by atoms with Gasteiger partial charge < -0.3 is 10.1 Å². The first-order valence-electron chi connectivity index (χ1n) is 4.16. The molecule has 0 amide bonds. The van der Waals surface area contributed by atoms with Crippen LogP contribution in [0.2, 0.25) is 0 Å². The Bertz CT molecular complexity index is 158. The molecule has 0 fully saturated rings. The topological polar surface area (TPSA) is 46.2 Å². The molecule has 1 N–H and O–H groups in total. The summed E-state index contributed by atoms with van der Waals surface area (Å²) >= 11 is 0. The van der Waals surface area contributed by atoms with Crippen molar-refractivity contribution in [1.29, 1.82) is 0 Å². The fourth-order valence-corrected chi connectivity index (χ4v) is 0.772. The molecule has 3 heteroatoms. The lowest BCUT2D eigenvalue weighted by Gasteiger charge is -2.19. The molecule has 0 spiro atoms. The van der Waals surface area contributed by atoms with Gasteiger partial charge in [0.2, 0.25) is 0 Å². The predicted octanol–water partition coefficient (Wildman–Crippen LogP) is 0.923. The second-order valence-electron chi connectivity index (χ2n) is 3.84. The molecule has 0 atom stereocenters. The molecule has 0 bridgehead atoms. The van der Waals surface area contributed by atoms with Gasteiger partial charge in [0.1, 0.15) is 12.1 Å². The van der Waals surface area contributed by atoms with Gasteiger partial charge in [-0.2, -0.15) is 0 Å². The van der Waals surface area contributed by atoms with E-state index in [-0.39, 0.29) is 17.7 Å². The van der Waals surface area contributed by atoms with Crippen molar-refractivity contribution in [2.24, 2.45) is 0 Å². The van der Waals surface area contributed by atoms with Crippen LogP contribution < -0.4 is 5.32 Å². The third-order valence-electron chi connectivity index (χ3n) is 1.37. The largest absolute Gasteiger partial charge is 0.312 e. The molecule has 0 unspecified atom stereocenters. The molecule has 0 heterocycles. The third-order valence-corrected chi connectivity index (χ3v) is 1.37. The summed E-state index contributed by atoms with van der Waals surface area (Å²) in [5, 5.41) is 3.17. The first-order chi connectivity index (χ1) is 5.45. The maximum atomic E-state index is 10.9. The van der Waals surface area contributed by atoms with E-state index in [4.69, 9.17) is 0 Å². The van der Waals surface area contributed by atoms with Crippen LogP contribution in [-0.4, -0.2) is 24.2 Å². The van der Waals surface area contributed by atoms with Crippen LogP contribution in [0.15, 0.2) is 0 Å². The number of carbonyl (C=O) groups excluding carboxylic acids is 2. The van der Waals surface area contributed by atoms with Crippen molar-refractivity contribution in [1.82, 2.24) is 5.32 Å². The first kappa shape index (κ1) is 11.3. The van der Waals surface area contributed by atoms with Gasteiger partial charge in [-0.05, 0) is 20.8 Å². The predicted molar refractivity (Wildman–Crippen MR) is 48.1 cm³/mol. The highest BCUT2D eigenvalue weighted by Crippen LogP contribution is 1.98. The van der Waals surface area contributed by atoms with Crippen molar-refractivity contribution in [3.8, 4) is 0 Å². The molecule has 0 saturated carbocycles. The van der Waals surface area contributed by atoms with Gasteiger partial charge in [-0.25, -0.2) is 0 Å². The van der Waals surface area contributed by atoms with Crippen molar-refractivity contribution in [3.05, 3.63) is 0 Å². The molecule has 0 radical (unpaired) electrons. The van der Waals surface area contributed by atoms with Crippen LogP contribution >= 0.6 is 0 Å². The van der Waals surface area contributed by atoms with Crippen LogP contribution in [0, 0.1) is 0 Å². The Hall–Kier alpha value is -0.700. The molecule has 0 aromatic heterocycles. The molecule has 0 aromatic rings. The lowest BCUT2D eigenvalue weighted by atomic mass is 10.1. The summed E-state index contributed by atoms with van der Waals surface area (Å²) in [7, 11) is 0. The molecule has 0 aromatic carbocycles. The van der Waals surface area contributed by atoms with Gasteiger partial charge in [0.15, 0.2) is 0 Å². The number of Topliss-reactive ketones (excluding diaryl/α,β-unsaturated/α-hetero) is 1. The van der Waals surface area contributed by atoms with E-state index in [1.165, 1.54) is 0 Å². The van der Waals surface area contributed by atoms with Crippen LogP contribution in [0.5, 0.6) is 0 Å². The standard InChI is InChI=1S/C9H17NO2/c1-9(2,3)10-6-4-8(12)5-7-11/h7,10H,4-6H2,1-3H3. The van der Waals surface area contributed by atoms with Crippen LogP contribution in [0.3, 0.4) is 0 Å². The third kappa shape index (κ3) is 7.41. The number of hydrogen-bond donors (Lipinski definition) is 1. The lowest BCUT2D eigenvalue weighted by molar-refractivity contribution is -0.122. The van der Waals surface area contributed by atoms with E-state index in [1.807, 2.05) is 20.8 Å². The van der Waals surface area contributed by atoms with Crippen LogP contribution in [0.25, 0.3) is 0 Å². The monoisotopic (exact) mass is 171 g/mol. The summed E-state index contributed by atoms with van der Waals surface area (Å²) in [6.45, 7) is 6.77. The van der Waals surface area contributed by atoms with Crippen LogP contribution in [-0.2, 0) is 9.59 Å². The summed E-state index contributed by atoms with van der Waals surface area (Å²) in [5.41, 5.74) is 0.0431. The zero-order valence-electron chi connectivity index (χ0n) is 8.02. The van der Waals surface area contributed by atoms with E-state index >= 15 is 0 Å². The fourth-order valence-electron chi connectivity index (χ4n) is 0.772. The Morgan fingerprint density at radius 1 is 1.42 bits per heavy atom. The van der Waals surface area contributed by atoms with E-state index in [1.54, 1.807) is 0 Å². The first-order valence-corrected chi connectivity index (χ1v) is 4.16. The minimum atomic E-state index is 0.00162. The van der Waals surface area contributed by atoms with E-state index < -0.39 is 0 Å². The van der Waals surface area contributed by atoms with Gasteiger partial charge >= 0.3 is 0 Å². The summed E-state index contributed by atoms with van der Waals surface area (Å²) in [6.07, 6.45) is 1.14. The Morgan fingerprint density at radius 3 is 2.42 bits per heavy atom. The van der Waals surface area contributed by atoms with Gasteiger partial charge in [-0.15, -0.1) is 0 Å². The van der Waals surface area contributed by atoms with E-state index in [9.17, 15) is 9.59 Å². The Kier molecular flexibility index (Phi) is 4.74. The SMILES string of the molecule is CC(C)(C)NCCC(=O)CC=O. The normalized spacial score (nSPS) is 11.2. The molecule has 3 nitrogen and oxygen atoms in total. The zero-order valence-corrected chi connectivity index (χ0v) is 8.02. The van der Waals surface area contributed by atoms with Crippen molar-refractivity contribution < 1.29 is 9.59 Å². The Labute approximate surface area is 73.5 Å². The van der Waals surface area contributed by atoms with Gasteiger partial charge in [-0.3, -0.25) is 4.79 Å². The molecular formula is C9H17NO2. The maximum absolute atomic E-state index is 10.9. The second-order valence-corrected chi connectivity index (χ2v) is 3.84. The molecule has 0 aliphatic carbocycles. The number of ketones is 1. The molecular weight excluding hydrogens is 154 g/mol. The Balaban J connectivity index is 3.43. The molecule has 0 aliphatic heterocycles. The van der Waals surface area contributed by atoms with Crippen LogP contribution in [0.4, 0.5) is 0 Å². The van der Waals surface area contributed by atoms with Gasteiger partial charge in [0, 0.05) is 18.5 Å². The highest BCUT2D eigenvalue weighted by atomic mass is 16.1. The maximum Gasteiger partial charge on any atom is 0.141 e. The Morgan fingerprint density at radius 2 is 2.00 bits per heavy atom. The molecule has 0 rings (SSSR count). The smallest absolute Gasteiger partial charge is 0.141 e. The molecule has 70 valence electrons. The quantitative estimate of drug-likeness (QED) is 0.494. The highest BCUT2D eigenvalue weighted by Gasteiger charge is 2.08. The number of rotatable bonds is 5. The minimum absolute atomic E-state index is 0.00162. The fraction of sp³-hybridized carbons (Fsp3) is 0.778. The molecule has 12 heavy (non-hydrogen) atoms. The van der Waals surface area contributed by atoms with Crippen molar-refractivity contribution in [2.75, 3.05) is 6.54 Å². The van der Waals surface area contributed by atoms with Crippen molar-refractivity contribution >= 4 is 12.1 Å². The zero-order chi connectivity index (χ0) is 9.61. The summed E-state index contributed by atoms with van der Waals surface area (Å²) in [4.78, 5) is 20.8. The van der Waals surface area contributed by atoms with E-state index in [2.05, 4.69) is 5.32 Å². The summed E-state index contributed by atoms with van der Waals surface area (Å²) in [6, 6.07) is 0. The number of hydrogen-bond acceptors (Lipinski definition) is 3. The second kappa shape index (κ2) is 5.04. The lowest BCUT2D eigenvalue weighted by Crippen LogP contribution is -2.37. The molecule has 0 saturated heterocycles. The summed E-state index contributed by atoms with van der Waals surface area (Å²) < 4.78 is 0. The number of carbonyl (C=O) groups is 2.